The molecule has 1 aliphatic heterocycles. The van der Waals surface area contributed by atoms with Gasteiger partial charge in [0.2, 0.25) is 5.91 Å². The molecule has 100 valence electrons. The van der Waals surface area contributed by atoms with E-state index in [1.165, 1.54) is 0 Å². The highest BCUT2D eigenvalue weighted by Crippen LogP contribution is 2.24. The van der Waals surface area contributed by atoms with Crippen LogP contribution in [0.15, 0.2) is 29.4 Å². The zero-order chi connectivity index (χ0) is 13.7. The lowest BCUT2D eigenvalue weighted by Crippen LogP contribution is -2.42. The highest BCUT2D eigenvalue weighted by Gasteiger charge is 2.27. The van der Waals surface area contributed by atoms with E-state index >= 15 is 0 Å². The van der Waals surface area contributed by atoms with Gasteiger partial charge in [0, 0.05) is 18.0 Å². The van der Waals surface area contributed by atoms with Crippen molar-refractivity contribution in [3.63, 3.8) is 0 Å². The number of nitrogens with zero attached hydrogens (tertiary/aromatic N) is 4. The molecule has 0 N–H and O–H groups in total. The Morgan fingerprint density at radius 1 is 1.42 bits per heavy atom. The number of carbonyl (C=O) groups is 1. The molecule has 0 spiro atoms. The van der Waals surface area contributed by atoms with Gasteiger partial charge in [0.1, 0.15) is 6.04 Å². The summed E-state index contributed by atoms with van der Waals surface area (Å²) in [6, 6.07) is 6.68. The van der Waals surface area contributed by atoms with Gasteiger partial charge in [-0.05, 0) is 23.6 Å². The van der Waals surface area contributed by atoms with E-state index < -0.39 is 6.04 Å². The van der Waals surface area contributed by atoms with Gasteiger partial charge in [-0.25, -0.2) is 0 Å². The van der Waals surface area contributed by atoms with E-state index in [0.717, 1.165) is 11.1 Å². The number of azide groups is 1. The van der Waals surface area contributed by atoms with Crippen molar-refractivity contribution < 1.29 is 9.53 Å². The number of hydrogen-bond acceptors (Lipinski definition) is 3. The van der Waals surface area contributed by atoms with E-state index in [0.29, 0.717) is 26.3 Å². The van der Waals surface area contributed by atoms with Crippen LogP contribution in [0.1, 0.15) is 17.2 Å². The summed E-state index contributed by atoms with van der Waals surface area (Å²) in [6.07, 6.45) is 0. The van der Waals surface area contributed by atoms with Gasteiger partial charge in [-0.3, -0.25) is 4.79 Å². The summed E-state index contributed by atoms with van der Waals surface area (Å²) in [5.41, 5.74) is 10.4. The predicted octanol–water partition coefficient (Wildman–Crippen LogP) is 2.21. The third-order valence-corrected chi connectivity index (χ3v) is 3.21. The predicted molar refractivity (Wildman–Crippen MR) is 70.5 cm³/mol. The molecule has 1 aromatic rings. The molecule has 1 atom stereocenters. The molecule has 6 heteroatoms. The molecular weight excluding hydrogens is 244 g/mol. The largest absolute Gasteiger partial charge is 0.378 e. The second-order valence-electron chi connectivity index (χ2n) is 4.40. The molecule has 0 saturated carbocycles. The first kappa shape index (κ1) is 13.4. The summed E-state index contributed by atoms with van der Waals surface area (Å²) in [4.78, 5) is 17.0. The highest BCUT2D eigenvalue weighted by atomic mass is 16.5. The first-order chi connectivity index (χ1) is 9.24. The zero-order valence-corrected chi connectivity index (χ0v) is 10.8. The van der Waals surface area contributed by atoms with Crippen LogP contribution in [-0.2, 0) is 9.53 Å². The molecule has 1 amide bonds. The fourth-order valence-corrected chi connectivity index (χ4v) is 2.15. The monoisotopic (exact) mass is 260 g/mol. The number of ether oxygens (including phenoxy) is 1. The maximum Gasteiger partial charge on any atom is 0.236 e. The van der Waals surface area contributed by atoms with Crippen LogP contribution in [0.4, 0.5) is 0 Å². The van der Waals surface area contributed by atoms with E-state index in [1.807, 2.05) is 31.2 Å². The lowest BCUT2D eigenvalue weighted by Gasteiger charge is -2.29. The molecule has 0 aromatic heterocycles. The number of rotatable bonds is 3. The molecule has 1 unspecified atom stereocenters. The van der Waals surface area contributed by atoms with Crippen LogP contribution >= 0.6 is 0 Å². The van der Waals surface area contributed by atoms with Crippen LogP contribution in [0.2, 0.25) is 0 Å². The fourth-order valence-electron chi connectivity index (χ4n) is 2.15. The van der Waals surface area contributed by atoms with Gasteiger partial charge < -0.3 is 9.64 Å². The van der Waals surface area contributed by atoms with Crippen LogP contribution in [0.3, 0.4) is 0 Å². The van der Waals surface area contributed by atoms with Crippen molar-refractivity contribution in [2.24, 2.45) is 5.11 Å². The Balaban J connectivity index is 2.27. The van der Waals surface area contributed by atoms with Crippen molar-refractivity contribution in [1.82, 2.24) is 4.90 Å². The molecule has 19 heavy (non-hydrogen) atoms. The van der Waals surface area contributed by atoms with Crippen molar-refractivity contribution in [1.29, 1.82) is 0 Å². The minimum absolute atomic E-state index is 0.157. The zero-order valence-electron chi connectivity index (χ0n) is 10.8. The molecule has 1 aromatic carbocycles. The van der Waals surface area contributed by atoms with Crippen molar-refractivity contribution in [2.75, 3.05) is 26.3 Å². The van der Waals surface area contributed by atoms with Gasteiger partial charge in [-0.1, -0.05) is 29.4 Å². The van der Waals surface area contributed by atoms with E-state index in [4.69, 9.17) is 10.3 Å². The average Bonchev–Trinajstić information content (AvgIpc) is 2.46. The Kier molecular flexibility index (Phi) is 4.39. The standard InChI is InChI=1S/C13H16N4O2/c1-10-4-2-3-5-11(10)12(15-16-14)13(18)17-6-8-19-9-7-17/h2-5,12H,6-9H2,1H3. The van der Waals surface area contributed by atoms with Crippen LogP contribution in [0.25, 0.3) is 10.4 Å². The normalized spacial score (nSPS) is 16.6. The van der Waals surface area contributed by atoms with Crippen LogP contribution in [0.5, 0.6) is 0 Å². The van der Waals surface area contributed by atoms with Gasteiger partial charge in [0.05, 0.1) is 13.2 Å². The van der Waals surface area contributed by atoms with E-state index in [2.05, 4.69) is 10.0 Å². The Morgan fingerprint density at radius 3 is 2.74 bits per heavy atom. The topological polar surface area (TPSA) is 78.3 Å². The molecule has 2 rings (SSSR count). The minimum Gasteiger partial charge on any atom is -0.378 e. The summed E-state index contributed by atoms with van der Waals surface area (Å²) in [5.74, 6) is -0.157. The molecule has 0 bridgehead atoms. The second kappa shape index (κ2) is 6.22. The number of benzene rings is 1. The Hall–Kier alpha value is -2.04. The fraction of sp³-hybridized carbons (Fsp3) is 0.462. The third kappa shape index (κ3) is 3.05. The second-order valence-corrected chi connectivity index (χ2v) is 4.40. The van der Waals surface area contributed by atoms with Gasteiger partial charge >= 0.3 is 0 Å². The molecule has 1 heterocycles. The molecule has 0 radical (unpaired) electrons. The molecule has 1 aliphatic rings. The Bertz CT molecular complexity index is 505. The maximum atomic E-state index is 12.4. The van der Waals surface area contributed by atoms with Crippen molar-refractivity contribution in [3.8, 4) is 0 Å². The molecular formula is C13H16N4O2. The number of carbonyl (C=O) groups excluding carboxylic acids is 1. The lowest BCUT2D eigenvalue weighted by atomic mass is 10.0. The van der Waals surface area contributed by atoms with Crippen LogP contribution in [-0.4, -0.2) is 37.1 Å². The average molecular weight is 260 g/mol. The molecule has 1 saturated heterocycles. The molecule has 1 fully saturated rings. The summed E-state index contributed by atoms with van der Waals surface area (Å²) in [5, 5.41) is 3.68. The first-order valence-corrected chi connectivity index (χ1v) is 6.20. The number of amides is 1. The Morgan fingerprint density at radius 2 is 2.11 bits per heavy atom. The number of aryl methyl sites for hydroxylation is 1. The van der Waals surface area contributed by atoms with Crippen LogP contribution in [0, 0.1) is 6.92 Å². The summed E-state index contributed by atoms with van der Waals surface area (Å²) in [6.45, 7) is 4.05. The summed E-state index contributed by atoms with van der Waals surface area (Å²) < 4.78 is 5.22. The SMILES string of the molecule is Cc1ccccc1C(N=[N+]=[N-])C(=O)N1CCOCC1. The van der Waals surface area contributed by atoms with E-state index in [1.54, 1.807) is 4.90 Å². The van der Waals surface area contributed by atoms with Crippen LogP contribution < -0.4 is 0 Å². The third-order valence-electron chi connectivity index (χ3n) is 3.21. The Labute approximate surface area is 111 Å². The summed E-state index contributed by atoms with van der Waals surface area (Å²) in [7, 11) is 0. The smallest absolute Gasteiger partial charge is 0.236 e. The quantitative estimate of drug-likeness (QED) is 0.474. The van der Waals surface area contributed by atoms with Gasteiger partial charge in [0.25, 0.3) is 0 Å². The van der Waals surface area contributed by atoms with E-state index in [9.17, 15) is 4.79 Å². The lowest BCUT2D eigenvalue weighted by molar-refractivity contribution is -0.136. The number of hydrogen-bond donors (Lipinski definition) is 0. The first-order valence-electron chi connectivity index (χ1n) is 6.20. The summed E-state index contributed by atoms with van der Waals surface area (Å²) >= 11 is 0. The highest BCUT2D eigenvalue weighted by molar-refractivity contribution is 5.84. The van der Waals surface area contributed by atoms with Gasteiger partial charge in [-0.15, -0.1) is 0 Å². The van der Waals surface area contributed by atoms with Crippen molar-refractivity contribution in [2.45, 2.75) is 13.0 Å². The number of morpholine rings is 1. The van der Waals surface area contributed by atoms with E-state index in [-0.39, 0.29) is 5.91 Å². The van der Waals surface area contributed by atoms with Gasteiger partial charge in [0.15, 0.2) is 0 Å². The maximum absolute atomic E-state index is 12.4. The van der Waals surface area contributed by atoms with Crippen molar-refractivity contribution in [3.05, 3.63) is 45.8 Å². The minimum atomic E-state index is -0.788. The molecule has 0 aliphatic carbocycles. The molecule has 6 nitrogen and oxygen atoms in total. The van der Waals surface area contributed by atoms with Gasteiger partial charge in [-0.2, -0.15) is 0 Å². The van der Waals surface area contributed by atoms with Crippen molar-refractivity contribution >= 4 is 5.91 Å².